The van der Waals surface area contributed by atoms with Crippen molar-refractivity contribution in [1.29, 1.82) is 0 Å². The number of hydrogen-bond acceptors (Lipinski definition) is 13. The van der Waals surface area contributed by atoms with Gasteiger partial charge in [0.15, 0.2) is 12.2 Å². The zero-order valence-electron chi connectivity index (χ0n) is 23.2. The first-order valence-electron chi connectivity index (χ1n) is 12.8. The minimum atomic E-state index is -1.15. The second-order valence-electron chi connectivity index (χ2n) is 9.13. The summed E-state index contributed by atoms with van der Waals surface area (Å²) in [4.78, 5) is 69.5. The first kappa shape index (κ1) is 33.5. The molecule has 1 saturated heterocycles. The van der Waals surface area contributed by atoms with E-state index >= 15 is 0 Å². The fourth-order valence-corrected chi connectivity index (χ4v) is 5.25. The topological polar surface area (TPSA) is 187 Å². The lowest BCUT2D eigenvalue weighted by Gasteiger charge is -2.45. The van der Waals surface area contributed by atoms with Crippen LogP contribution in [0.1, 0.15) is 53.4 Å². The first-order valence-corrected chi connectivity index (χ1v) is 13.9. The molecule has 0 spiro atoms. The van der Waals surface area contributed by atoms with Crippen LogP contribution in [0.5, 0.6) is 5.75 Å². The number of carbonyl (C=O) groups excluding carboxylic acids is 5. The smallest absolute Gasteiger partial charge is 0.311 e. The van der Waals surface area contributed by atoms with Gasteiger partial charge in [-0.2, -0.15) is 0 Å². The number of amides is 1. The quantitative estimate of drug-likeness (QED) is 0.0822. The van der Waals surface area contributed by atoms with Crippen LogP contribution in [0.2, 0.25) is 0 Å². The summed E-state index contributed by atoms with van der Waals surface area (Å²) < 4.78 is 27.2. The van der Waals surface area contributed by atoms with Crippen LogP contribution in [0.3, 0.4) is 0 Å². The number of esters is 4. The van der Waals surface area contributed by atoms with E-state index in [4.69, 9.17) is 23.7 Å². The van der Waals surface area contributed by atoms with E-state index in [9.17, 15) is 34.1 Å². The first-order chi connectivity index (χ1) is 19.4. The molecule has 1 aliphatic rings. The standard InChI is InChI=1S/C26H34N2O12S/c1-15(29)27-23-25(38-18(4)32)24(37-17(3)31)21(14-36-16(2)30)40-26(23)41-13-7-5-6-8-22(33)39-20-11-9-19(10-12-20)28(34)35/h9-12,21,23-26H,5-8,13-14H2,1-4H3,(H,27,29)/t21?,23?,24-,25-,26+/m1/s1. The summed E-state index contributed by atoms with van der Waals surface area (Å²) >= 11 is 1.32. The molecular weight excluding hydrogens is 564 g/mol. The van der Waals surface area contributed by atoms with Gasteiger partial charge in [0.2, 0.25) is 5.91 Å². The Balaban J connectivity index is 1.97. The maximum Gasteiger partial charge on any atom is 0.311 e. The SMILES string of the molecule is CC(=O)NC1[C@@H](OC(C)=O)[C@H](OC(C)=O)C(COC(C)=O)O[C@H]1SCCCCCC(=O)Oc1ccc([N+](=O)[O-])cc1. The largest absolute Gasteiger partial charge is 0.463 e. The van der Waals surface area contributed by atoms with Crippen molar-refractivity contribution in [1.82, 2.24) is 5.32 Å². The van der Waals surface area contributed by atoms with Crippen LogP contribution in [0.25, 0.3) is 0 Å². The number of rotatable bonds is 14. The van der Waals surface area contributed by atoms with Crippen LogP contribution in [0.15, 0.2) is 24.3 Å². The summed E-state index contributed by atoms with van der Waals surface area (Å²) in [6.07, 6.45) is -1.26. The van der Waals surface area contributed by atoms with Crippen molar-refractivity contribution in [2.45, 2.75) is 83.2 Å². The number of hydrogen-bond donors (Lipinski definition) is 1. The second-order valence-corrected chi connectivity index (χ2v) is 10.3. The third-order valence-corrected chi connectivity index (χ3v) is 6.92. The lowest BCUT2D eigenvalue weighted by Crippen LogP contribution is -2.65. The van der Waals surface area contributed by atoms with Crippen LogP contribution >= 0.6 is 11.8 Å². The third-order valence-electron chi connectivity index (χ3n) is 5.66. The maximum absolute atomic E-state index is 12.1. The summed E-state index contributed by atoms with van der Waals surface area (Å²) in [5.41, 5.74) is -0.855. The summed E-state index contributed by atoms with van der Waals surface area (Å²) in [7, 11) is 0. The third kappa shape index (κ3) is 11.7. The Hall–Kier alpha value is -3.72. The van der Waals surface area contributed by atoms with Gasteiger partial charge in [-0.25, -0.2) is 0 Å². The molecule has 0 bridgehead atoms. The van der Waals surface area contributed by atoms with Crippen molar-refractivity contribution in [3.8, 4) is 5.75 Å². The molecule has 15 heteroatoms. The molecule has 226 valence electrons. The molecule has 1 aromatic carbocycles. The highest BCUT2D eigenvalue weighted by atomic mass is 32.2. The van der Waals surface area contributed by atoms with Gasteiger partial charge in [-0.3, -0.25) is 34.1 Å². The number of nitro groups is 1. The molecule has 2 rings (SSSR count). The predicted molar refractivity (Wildman–Crippen MR) is 144 cm³/mol. The highest BCUT2D eigenvalue weighted by Crippen LogP contribution is 2.33. The molecule has 0 aromatic heterocycles. The van der Waals surface area contributed by atoms with E-state index < -0.39 is 64.5 Å². The number of benzene rings is 1. The summed E-state index contributed by atoms with van der Waals surface area (Å²) in [6.45, 7) is 4.58. The second kappa shape index (κ2) is 16.5. The molecule has 41 heavy (non-hydrogen) atoms. The van der Waals surface area contributed by atoms with Gasteiger partial charge < -0.3 is 29.0 Å². The van der Waals surface area contributed by atoms with Crippen LogP contribution in [-0.2, 0) is 42.9 Å². The number of carbonyl (C=O) groups is 5. The number of nitrogens with one attached hydrogen (secondary N) is 1. The lowest BCUT2D eigenvalue weighted by atomic mass is 9.97. The van der Waals surface area contributed by atoms with Crippen LogP contribution in [-0.4, -0.2) is 76.9 Å². The van der Waals surface area contributed by atoms with Crippen LogP contribution in [0, 0.1) is 10.1 Å². The van der Waals surface area contributed by atoms with Crippen molar-refractivity contribution >= 4 is 47.2 Å². The molecular formula is C26H34N2O12S. The monoisotopic (exact) mass is 598 g/mol. The van der Waals surface area contributed by atoms with Crippen LogP contribution < -0.4 is 10.1 Å². The van der Waals surface area contributed by atoms with Crippen molar-refractivity contribution in [2.75, 3.05) is 12.4 Å². The number of nitrogens with zero attached hydrogens (tertiary/aromatic N) is 1. The normalized spacial score (nSPS) is 21.7. The Morgan fingerprint density at radius 2 is 1.56 bits per heavy atom. The molecule has 14 nitrogen and oxygen atoms in total. The Labute approximate surface area is 240 Å². The minimum Gasteiger partial charge on any atom is -0.463 e. The highest BCUT2D eigenvalue weighted by Gasteiger charge is 2.50. The molecule has 1 aliphatic heterocycles. The molecule has 1 N–H and O–H groups in total. The molecule has 5 atom stereocenters. The highest BCUT2D eigenvalue weighted by molar-refractivity contribution is 7.99. The molecule has 0 radical (unpaired) electrons. The van der Waals surface area contributed by atoms with Gasteiger partial charge in [-0.15, -0.1) is 11.8 Å². The van der Waals surface area contributed by atoms with Crippen molar-refractivity contribution in [2.24, 2.45) is 0 Å². The Kier molecular flexibility index (Phi) is 13.5. The number of nitro benzene ring substituents is 1. The Morgan fingerprint density at radius 3 is 2.12 bits per heavy atom. The van der Waals surface area contributed by atoms with Gasteiger partial charge in [0.25, 0.3) is 5.69 Å². The van der Waals surface area contributed by atoms with E-state index in [-0.39, 0.29) is 24.5 Å². The molecule has 0 aliphatic carbocycles. The molecule has 0 saturated carbocycles. The maximum atomic E-state index is 12.1. The lowest BCUT2D eigenvalue weighted by molar-refractivity contribution is -0.384. The van der Waals surface area contributed by atoms with Gasteiger partial charge in [-0.05, 0) is 30.7 Å². The number of non-ortho nitro benzene ring substituents is 1. The van der Waals surface area contributed by atoms with E-state index in [0.717, 1.165) is 0 Å². The Bertz CT molecular complexity index is 1100. The zero-order chi connectivity index (χ0) is 30.5. The van der Waals surface area contributed by atoms with E-state index in [1.807, 2.05) is 0 Å². The molecule has 1 amide bonds. The van der Waals surface area contributed by atoms with Gasteiger partial charge in [-0.1, -0.05) is 6.42 Å². The number of unbranched alkanes of at least 4 members (excludes halogenated alkanes) is 2. The average Bonchev–Trinajstić information content (AvgIpc) is 2.87. The number of ether oxygens (including phenoxy) is 5. The van der Waals surface area contributed by atoms with Crippen molar-refractivity contribution < 1.29 is 52.6 Å². The van der Waals surface area contributed by atoms with E-state index in [1.165, 1.54) is 63.7 Å². The van der Waals surface area contributed by atoms with Gasteiger partial charge >= 0.3 is 23.9 Å². The van der Waals surface area contributed by atoms with Crippen LogP contribution in [0.4, 0.5) is 5.69 Å². The van der Waals surface area contributed by atoms with Gasteiger partial charge in [0, 0.05) is 46.2 Å². The molecule has 1 aromatic rings. The summed E-state index contributed by atoms with van der Waals surface area (Å²) in [6, 6.07) is 4.33. The molecule has 2 unspecified atom stereocenters. The summed E-state index contributed by atoms with van der Waals surface area (Å²) in [5.74, 6) is -2.08. The van der Waals surface area contributed by atoms with Crippen molar-refractivity contribution in [3.63, 3.8) is 0 Å². The van der Waals surface area contributed by atoms with E-state index in [0.29, 0.717) is 25.0 Å². The van der Waals surface area contributed by atoms with Crippen molar-refractivity contribution in [3.05, 3.63) is 34.4 Å². The fourth-order valence-electron chi connectivity index (χ4n) is 4.00. The number of thioether (sulfide) groups is 1. The van der Waals surface area contributed by atoms with E-state index in [2.05, 4.69) is 5.32 Å². The molecule has 1 fully saturated rings. The molecule has 1 heterocycles. The average molecular weight is 599 g/mol. The fraction of sp³-hybridized carbons (Fsp3) is 0.577. The van der Waals surface area contributed by atoms with Gasteiger partial charge in [0.1, 0.15) is 29.9 Å². The zero-order valence-corrected chi connectivity index (χ0v) is 24.0. The van der Waals surface area contributed by atoms with E-state index in [1.54, 1.807) is 0 Å². The summed E-state index contributed by atoms with van der Waals surface area (Å²) in [5, 5.41) is 13.4. The predicted octanol–water partition coefficient (Wildman–Crippen LogP) is 2.45. The Morgan fingerprint density at radius 1 is 0.927 bits per heavy atom. The van der Waals surface area contributed by atoms with Gasteiger partial charge in [0.05, 0.1) is 4.92 Å². The minimum absolute atomic E-state index is 0.108.